The molecule has 0 saturated heterocycles. The van der Waals surface area contributed by atoms with Gasteiger partial charge in [-0.3, -0.25) is 10.5 Å². The van der Waals surface area contributed by atoms with Crippen LogP contribution in [0.5, 0.6) is 0 Å². The predicted octanol–water partition coefficient (Wildman–Crippen LogP) is 2.44. The summed E-state index contributed by atoms with van der Waals surface area (Å²) in [6.07, 6.45) is 7.71. The van der Waals surface area contributed by atoms with E-state index in [2.05, 4.69) is 6.92 Å². The number of hydrogen-bond donors (Lipinski definition) is 2. The average Bonchev–Trinajstić information content (AvgIpc) is 2.26. The monoisotopic (exact) mass is 258 g/mol. The molecule has 0 rings (SSSR count). The highest BCUT2D eigenvalue weighted by atomic mass is 16.3. The minimum absolute atomic E-state index is 0.173. The van der Waals surface area contributed by atoms with Crippen LogP contribution in [0.15, 0.2) is 0 Å². The van der Waals surface area contributed by atoms with Crippen LogP contribution in [0.25, 0.3) is 0 Å². The Balaban J connectivity index is 3.36. The first-order valence-electron chi connectivity index (χ1n) is 7.16. The second kappa shape index (κ2) is 11.5. The Labute approximate surface area is 111 Å². The number of rotatable bonds is 12. The molecule has 0 bridgehead atoms. The lowest BCUT2D eigenvalue weighted by atomic mass is 10.0. The first-order valence-corrected chi connectivity index (χ1v) is 7.16. The molecular weight excluding hydrogens is 230 g/mol. The van der Waals surface area contributed by atoms with Gasteiger partial charge in [-0.2, -0.15) is 0 Å². The van der Waals surface area contributed by atoms with E-state index < -0.39 is 18.1 Å². The third-order valence-electron chi connectivity index (χ3n) is 3.11. The number of amides is 1. The number of aliphatic hydroxyl groups excluding tert-OH is 2. The van der Waals surface area contributed by atoms with Gasteiger partial charge in [0.05, 0.1) is 18.6 Å². The van der Waals surface area contributed by atoms with E-state index in [4.69, 9.17) is 5.73 Å². The van der Waals surface area contributed by atoms with E-state index in [1.807, 2.05) is 0 Å². The van der Waals surface area contributed by atoms with Crippen LogP contribution in [0.1, 0.15) is 71.1 Å². The lowest BCUT2D eigenvalue weighted by molar-refractivity contribution is -0.120. The molecule has 18 heavy (non-hydrogen) atoms. The van der Waals surface area contributed by atoms with Crippen LogP contribution < -0.4 is 5.73 Å². The summed E-state index contributed by atoms with van der Waals surface area (Å²) in [7, 11) is 0. The molecule has 4 heteroatoms. The molecular formula is C14H28NO3. The van der Waals surface area contributed by atoms with Gasteiger partial charge < -0.3 is 10.2 Å². The Morgan fingerprint density at radius 1 is 1.00 bits per heavy atom. The van der Waals surface area contributed by atoms with Gasteiger partial charge in [-0.15, -0.1) is 0 Å². The van der Waals surface area contributed by atoms with Crippen LogP contribution in [0.2, 0.25) is 0 Å². The molecule has 0 aromatic carbocycles. The van der Waals surface area contributed by atoms with Crippen LogP contribution in [0.4, 0.5) is 0 Å². The molecule has 107 valence electrons. The van der Waals surface area contributed by atoms with Crippen molar-refractivity contribution in [1.82, 2.24) is 5.73 Å². The van der Waals surface area contributed by atoms with Gasteiger partial charge in [-0.1, -0.05) is 51.9 Å². The zero-order valence-electron chi connectivity index (χ0n) is 11.5. The lowest BCUT2D eigenvalue weighted by Gasteiger charge is -2.14. The Kier molecular flexibility index (Phi) is 11.1. The zero-order chi connectivity index (χ0) is 13.8. The Bertz CT molecular complexity index is 209. The van der Waals surface area contributed by atoms with Gasteiger partial charge in [0.1, 0.15) is 0 Å². The van der Waals surface area contributed by atoms with Crippen LogP contribution in [-0.4, -0.2) is 28.3 Å². The quantitative estimate of drug-likeness (QED) is 0.527. The molecule has 1 radical (unpaired) electrons. The highest BCUT2D eigenvalue weighted by Gasteiger charge is 2.13. The molecule has 0 aliphatic rings. The van der Waals surface area contributed by atoms with Crippen molar-refractivity contribution < 1.29 is 15.0 Å². The van der Waals surface area contributed by atoms with Crippen molar-refractivity contribution in [2.24, 2.45) is 0 Å². The zero-order valence-corrected chi connectivity index (χ0v) is 11.5. The van der Waals surface area contributed by atoms with Crippen LogP contribution >= 0.6 is 0 Å². The van der Waals surface area contributed by atoms with Crippen molar-refractivity contribution in [2.45, 2.75) is 83.3 Å². The summed E-state index contributed by atoms with van der Waals surface area (Å²) in [4.78, 5) is 10.4. The summed E-state index contributed by atoms with van der Waals surface area (Å²) in [6, 6.07) is 0. The van der Waals surface area contributed by atoms with Gasteiger partial charge >= 0.3 is 0 Å². The largest absolute Gasteiger partial charge is 0.393 e. The molecule has 0 aromatic heterocycles. The van der Waals surface area contributed by atoms with Crippen molar-refractivity contribution in [3.8, 4) is 0 Å². The normalized spacial score (nSPS) is 14.4. The summed E-state index contributed by atoms with van der Waals surface area (Å²) in [5.41, 5.74) is 6.72. The van der Waals surface area contributed by atoms with Gasteiger partial charge in [-0.05, 0) is 12.8 Å². The molecule has 3 N–H and O–H groups in total. The highest BCUT2D eigenvalue weighted by molar-refractivity contribution is 5.73. The smallest absolute Gasteiger partial charge is 0.240 e. The maximum atomic E-state index is 10.4. The van der Waals surface area contributed by atoms with E-state index in [1.165, 1.54) is 32.1 Å². The van der Waals surface area contributed by atoms with Crippen molar-refractivity contribution in [2.75, 3.05) is 0 Å². The molecule has 1 amide bonds. The number of carbonyl (C=O) groups is 1. The number of carbonyl (C=O) groups excluding carboxylic acids is 1. The molecule has 4 nitrogen and oxygen atoms in total. The molecule has 0 fully saturated rings. The first-order chi connectivity index (χ1) is 8.56. The molecule has 0 heterocycles. The molecule has 0 spiro atoms. The van der Waals surface area contributed by atoms with Gasteiger partial charge in [-0.25, -0.2) is 0 Å². The number of nitrogens with one attached hydrogen (secondary N) is 1. The summed E-state index contributed by atoms with van der Waals surface area (Å²) in [6.45, 7) is 2.20. The minimum Gasteiger partial charge on any atom is -0.393 e. The van der Waals surface area contributed by atoms with Crippen LogP contribution in [-0.2, 0) is 4.79 Å². The summed E-state index contributed by atoms with van der Waals surface area (Å²) in [5, 5.41) is 19.0. The van der Waals surface area contributed by atoms with Gasteiger partial charge in [0.15, 0.2) is 0 Å². The SMILES string of the molecule is CCCCCCCCCC(O)C[C@@H](O)CC([NH])=O. The summed E-state index contributed by atoms with van der Waals surface area (Å²) >= 11 is 0. The van der Waals surface area contributed by atoms with Crippen molar-refractivity contribution in [3.05, 3.63) is 0 Å². The third-order valence-corrected chi connectivity index (χ3v) is 3.11. The molecule has 0 aliphatic heterocycles. The topological polar surface area (TPSA) is 81.3 Å². The fraction of sp³-hybridized carbons (Fsp3) is 0.929. The van der Waals surface area contributed by atoms with E-state index in [0.717, 1.165) is 12.8 Å². The predicted molar refractivity (Wildman–Crippen MR) is 72.0 cm³/mol. The Hall–Kier alpha value is -0.610. The fourth-order valence-electron chi connectivity index (χ4n) is 2.07. The summed E-state index contributed by atoms with van der Waals surface area (Å²) in [5.74, 6) is -0.773. The van der Waals surface area contributed by atoms with E-state index in [9.17, 15) is 15.0 Å². The van der Waals surface area contributed by atoms with Crippen molar-refractivity contribution >= 4 is 5.91 Å². The first kappa shape index (κ1) is 17.4. The minimum atomic E-state index is -0.866. The summed E-state index contributed by atoms with van der Waals surface area (Å²) < 4.78 is 0. The highest BCUT2D eigenvalue weighted by Crippen LogP contribution is 2.12. The van der Waals surface area contributed by atoms with Gasteiger partial charge in [0.2, 0.25) is 5.91 Å². The molecule has 0 saturated carbocycles. The molecule has 1 unspecified atom stereocenters. The van der Waals surface area contributed by atoms with Gasteiger partial charge in [0, 0.05) is 0 Å². The van der Waals surface area contributed by atoms with E-state index in [1.54, 1.807) is 0 Å². The van der Waals surface area contributed by atoms with Crippen LogP contribution in [0.3, 0.4) is 0 Å². The van der Waals surface area contributed by atoms with Crippen molar-refractivity contribution in [1.29, 1.82) is 0 Å². The van der Waals surface area contributed by atoms with E-state index in [0.29, 0.717) is 6.42 Å². The molecule has 0 aromatic rings. The van der Waals surface area contributed by atoms with E-state index in [-0.39, 0.29) is 12.8 Å². The van der Waals surface area contributed by atoms with Gasteiger partial charge in [0.25, 0.3) is 0 Å². The van der Waals surface area contributed by atoms with E-state index >= 15 is 0 Å². The fourth-order valence-corrected chi connectivity index (χ4v) is 2.07. The van der Waals surface area contributed by atoms with Crippen LogP contribution in [0, 0.1) is 0 Å². The second-order valence-electron chi connectivity index (χ2n) is 5.08. The molecule has 2 atom stereocenters. The molecule has 0 aliphatic carbocycles. The second-order valence-corrected chi connectivity index (χ2v) is 5.08. The lowest BCUT2D eigenvalue weighted by Crippen LogP contribution is -2.21. The number of aliphatic hydroxyl groups is 2. The maximum absolute atomic E-state index is 10.4. The van der Waals surface area contributed by atoms with Crippen molar-refractivity contribution in [3.63, 3.8) is 0 Å². The maximum Gasteiger partial charge on any atom is 0.240 e. The number of unbranched alkanes of at least 4 members (excludes halogenated alkanes) is 6. The number of hydrogen-bond acceptors (Lipinski definition) is 3. The standard InChI is InChI=1S/C14H28NO3/c1-2-3-4-5-6-7-8-9-12(16)10-13(17)11-14(15)18/h12-13,15-17H,2-11H2,1H3/t12?,13-/m1/s1. The Morgan fingerprint density at radius 2 is 1.56 bits per heavy atom. The Morgan fingerprint density at radius 3 is 2.11 bits per heavy atom. The average molecular weight is 258 g/mol. The third kappa shape index (κ3) is 11.9.